The summed E-state index contributed by atoms with van der Waals surface area (Å²) >= 11 is 3.36. The van der Waals surface area contributed by atoms with Crippen molar-refractivity contribution in [3.8, 4) is 5.75 Å². The number of nitrogens with zero attached hydrogens (tertiary/aromatic N) is 2. The van der Waals surface area contributed by atoms with Crippen LogP contribution < -0.4 is 4.74 Å². The third-order valence-corrected chi connectivity index (χ3v) is 6.81. The van der Waals surface area contributed by atoms with E-state index in [0.717, 1.165) is 10.0 Å². The number of ether oxygens (including phenoxy) is 1. The van der Waals surface area contributed by atoms with E-state index in [2.05, 4.69) is 15.9 Å². The van der Waals surface area contributed by atoms with E-state index in [-0.39, 0.29) is 30.5 Å². The topological polar surface area (TPSA) is 66.9 Å². The van der Waals surface area contributed by atoms with Gasteiger partial charge >= 0.3 is 0 Å². The van der Waals surface area contributed by atoms with Gasteiger partial charge in [-0.15, -0.1) is 0 Å². The molecule has 6 nitrogen and oxygen atoms in total. The fourth-order valence-electron chi connectivity index (χ4n) is 2.83. The first kappa shape index (κ1) is 19.9. The van der Waals surface area contributed by atoms with E-state index in [1.165, 1.54) is 4.31 Å². The van der Waals surface area contributed by atoms with E-state index >= 15 is 0 Å². The van der Waals surface area contributed by atoms with Crippen molar-refractivity contribution in [3.05, 3.63) is 58.6 Å². The molecule has 8 heteroatoms. The molecule has 2 aromatic carbocycles. The van der Waals surface area contributed by atoms with E-state index in [0.29, 0.717) is 18.8 Å². The van der Waals surface area contributed by atoms with Crippen molar-refractivity contribution >= 4 is 31.9 Å². The molecule has 0 aliphatic carbocycles. The average Bonchev–Trinajstić information content (AvgIpc) is 2.66. The molecule has 1 fully saturated rings. The number of amides is 1. The van der Waals surface area contributed by atoms with Crippen molar-refractivity contribution in [2.75, 3.05) is 32.8 Å². The van der Waals surface area contributed by atoms with Gasteiger partial charge in [0.15, 0.2) is 6.61 Å². The molecule has 2 aromatic rings. The zero-order chi connectivity index (χ0) is 19.4. The first-order chi connectivity index (χ1) is 12.9. The number of carbonyl (C=O) groups excluding carboxylic acids is 1. The SMILES string of the molecule is Cc1ccc(S(=O)(=O)N2CCN(C(=O)COc3cccc(Br)c3)CC2)cc1. The summed E-state index contributed by atoms with van der Waals surface area (Å²) in [6.07, 6.45) is 0. The van der Waals surface area contributed by atoms with Crippen LogP contribution >= 0.6 is 15.9 Å². The first-order valence-corrected chi connectivity index (χ1v) is 10.8. The van der Waals surface area contributed by atoms with Crippen molar-refractivity contribution in [2.45, 2.75) is 11.8 Å². The number of piperazine rings is 1. The fourth-order valence-corrected chi connectivity index (χ4v) is 4.63. The van der Waals surface area contributed by atoms with E-state index in [4.69, 9.17) is 4.74 Å². The molecule has 1 saturated heterocycles. The van der Waals surface area contributed by atoms with Crippen LogP contribution in [0.4, 0.5) is 0 Å². The predicted molar refractivity (Wildman–Crippen MR) is 106 cm³/mol. The number of aryl methyl sites for hydroxylation is 1. The van der Waals surface area contributed by atoms with Gasteiger partial charge in [0.1, 0.15) is 5.75 Å². The smallest absolute Gasteiger partial charge is 0.260 e. The second-order valence-electron chi connectivity index (χ2n) is 6.34. The Morgan fingerprint density at radius 1 is 1.07 bits per heavy atom. The molecule has 0 aromatic heterocycles. The van der Waals surface area contributed by atoms with Gasteiger partial charge in [-0.3, -0.25) is 4.79 Å². The number of hydrogen-bond acceptors (Lipinski definition) is 4. The summed E-state index contributed by atoms with van der Waals surface area (Å²) in [5.41, 5.74) is 1.01. The van der Waals surface area contributed by atoms with Crippen molar-refractivity contribution in [2.24, 2.45) is 0 Å². The maximum Gasteiger partial charge on any atom is 0.260 e. The highest BCUT2D eigenvalue weighted by atomic mass is 79.9. The molecular weight excluding hydrogens is 432 g/mol. The lowest BCUT2D eigenvalue weighted by atomic mass is 10.2. The lowest BCUT2D eigenvalue weighted by molar-refractivity contribution is -0.134. The normalized spacial score (nSPS) is 15.6. The molecule has 27 heavy (non-hydrogen) atoms. The highest BCUT2D eigenvalue weighted by molar-refractivity contribution is 9.10. The second-order valence-corrected chi connectivity index (χ2v) is 9.20. The van der Waals surface area contributed by atoms with Crippen LogP contribution in [0.5, 0.6) is 5.75 Å². The second kappa shape index (κ2) is 8.41. The molecular formula is C19H21BrN2O4S. The number of rotatable bonds is 5. The van der Waals surface area contributed by atoms with E-state index in [9.17, 15) is 13.2 Å². The molecule has 0 spiro atoms. The summed E-state index contributed by atoms with van der Waals surface area (Å²) in [5.74, 6) is 0.459. The van der Waals surface area contributed by atoms with Gasteiger partial charge in [0, 0.05) is 30.7 Å². The minimum Gasteiger partial charge on any atom is -0.484 e. The van der Waals surface area contributed by atoms with Crippen LogP contribution in [-0.2, 0) is 14.8 Å². The molecule has 1 aliphatic rings. The minimum absolute atomic E-state index is 0.0683. The Morgan fingerprint density at radius 3 is 2.37 bits per heavy atom. The Balaban J connectivity index is 1.55. The van der Waals surface area contributed by atoms with Gasteiger partial charge in [-0.1, -0.05) is 39.7 Å². The Bertz CT molecular complexity index is 908. The maximum absolute atomic E-state index is 12.7. The number of halogens is 1. The minimum atomic E-state index is -3.53. The highest BCUT2D eigenvalue weighted by Gasteiger charge is 2.30. The van der Waals surface area contributed by atoms with Gasteiger partial charge in [-0.2, -0.15) is 4.31 Å². The van der Waals surface area contributed by atoms with Gasteiger partial charge in [-0.25, -0.2) is 8.42 Å². The van der Waals surface area contributed by atoms with Gasteiger partial charge in [-0.05, 0) is 37.3 Å². The first-order valence-electron chi connectivity index (χ1n) is 8.59. The van der Waals surface area contributed by atoms with Crippen molar-refractivity contribution < 1.29 is 17.9 Å². The lowest BCUT2D eigenvalue weighted by Crippen LogP contribution is -2.51. The van der Waals surface area contributed by atoms with Crippen LogP contribution in [0.1, 0.15) is 5.56 Å². The van der Waals surface area contributed by atoms with Crippen LogP contribution in [0.3, 0.4) is 0 Å². The highest BCUT2D eigenvalue weighted by Crippen LogP contribution is 2.19. The number of sulfonamides is 1. The van der Waals surface area contributed by atoms with Crippen LogP contribution in [0.2, 0.25) is 0 Å². The molecule has 0 unspecified atom stereocenters. The predicted octanol–water partition coefficient (Wildman–Crippen LogP) is 2.67. The van der Waals surface area contributed by atoms with Crippen molar-refractivity contribution in [1.82, 2.24) is 9.21 Å². The van der Waals surface area contributed by atoms with Crippen LogP contribution in [0.15, 0.2) is 57.9 Å². The van der Waals surface area contributed by atoms with Crippen molar-refractivity contribution in [3.63, 3.8) is 0 Å². The molecule has 0 atom stereocenters. The molecule has 1 amide bonds. The Morgan fingerprint density at radius 2 is 1.74 bits per heavy atom. The monoisotopic (exact) mass is 452 g/mol. The zero-order valence-corrected chi connectivity index (χ0v) is 17.4. The fraction of sp³-hybridized carbons (Fsp3) is 0.316. The Kier molecular flexibility index (Phi) is 6.18. The van der Waals surface area contributed by atoms with Gasteiger partial charge in [0.05, 0.1) is 4.90 Å². The molecule has 0 radical (unpaired) electrons. The summed E-state index contributed by atoms with van der Waals surface area (Å²) in [5, 5.41) is 0. The Labute approximate surface area is 167 Å². The largest absolute Gasteiger partial charge is 0.484 e. The average molecular weight is 453 g/mol. The molecule has 1 heterocycles. The molecule has 1 aliphatic heterocycles. The van der Waals surface area contributed by atoms with Crippen LogP contribution in [0, 0.1) is 6.92 Å². The third-order valence-electron chi connectivity index (χ3n) is 4.41. The zero-order valence-electron chi connectivity index (χ0n) is 15.0. The summed E-state index contributed by atoms with van der Waals surface area (Å²) in [6.45, 7) is 3.10. The van der Waals surface area contributed by atoms with Gasteiger partial charge in [0.25, 0.3) is 5.91 Å². The van der Waals surface area contributed by atoms with E-state index in [1.54, 1.807) is 41.3 Å². The summed E-state index contributed by atoms with van der Waals surface area (Å²) in [7, 11) is -3.53. The van der Waals surface area contributed by atoms with Crippen LogP contribution in [-0.4, -0.2) is 56.3 Å². The van der Waals surface area contributed by atoms with Crippen LogP contribution in [0.25, 0.3) is 0 Å². The number of benzene rings is 2. The quantitative estimate of drug-likeness (QED) is 0.699. The summed E-state index contributed by atoms with van der Waals surface area (Å²) < 4.78 is 33.2. The number of carbonyl (C=O) groups is 1. The van der Waals surface area contributed by atoms with E-state index < -0.39 is 10.0 Å². The molecule has 0 N–H and O–H groups in total. The maximum atomic E-state index is 12.7. The lowest BCUT2D eigenvalue weighted by Gasteiger charge is -2.34. The molecule has 0 saturated carbocycles. The van der Waals surface area contributed by atoms with Crippen molar-refractivity contribution in [1.29, 1.82) is 0 Å². The molecule has 144 valence electrons. The van der Waals surface area contributed by atoms with E-state index in [1.807, 2.05) is 19.1 Å². The standard InChI is InChI=1S/C19H21BrN2O4S/c1-15-5-7-18(8-6-15)27(24,25)22-11-9-21(10-12-22)19(23)14-26-17-4-2-3-16(20)13-17/h2-8,13H,9-12,14H2,1H3. The molecule has 3 rings (SSSR count). The Hall–Kier alpha value is -1.90. The molecule has 0 bridgehead atoms. The number of hydrogen-bond donors (Lipinski definition) is 0. The third kappa shape index (κ3) is 4.88. The summed E-state index contributed by atoms with van der Waals surface area (Å²) in [6, 6.07) is 14.1. The van der Waals surface area contributed by atoms with Gasteiger partial charge in [0.2, 0.25) is 10.0 Å². The summed E-state index contributed by atoms with van der Waals surface area (Å²) in [4.78, 5) is 14.3. The van der Waals surface area contributed by atoms with Gasteiger partial charge < -0.3 is 9.64 Å².